The molecule has 0 aliphatic carbocycles. The molecule has 2 aliphatic rings. The number of amides is 1. The molecule has 2 aliphatic heterocycles. The van der Waals surface area contributed by atoms with Crippen molar-refractivity contribution in [1.82, 2.24) is 4.90 Å². The van der Waals surface area contributed by atoms with Crippen LogP contribution in [0.25, 0.3) is 0 Å². The maximum Gasteiger partial charge on any atom is 0.411 e. The SMILES string of the molecule is CC(C)(C)OC(=O)N1[C@@H]2CC[C@H]1C=C(Cc1ccccc1)C2. The van der Waals surface area contributed by atoms with Crippen LogP contribution in [0.5, 0.6) is 0 Å². The molecule has 2 heterocycles. The second-order valence-electron chi connectivity index (χ2n) is 7.38. The molecule has 0 unspecified atom stereocenters. The molecular formula is C19H25NO2. The van der Waals surface area contributed by atoms with E-state index in [4.69, 9.17) is 4.74 Å². The fraction of sp³-hybridized carbons (Fsp3) is 0.526. The van der Waals surface area contributed by atoms with Gasteiger partial charge in [0.25, 0.3) is 0 Å². The number of hydrogen-bond donors (Lipinski definition) is 0. The van der Waals surface area contributed by atoms with Crippen molar-refractivity contribution >= 4 is 6.09 Å². The highest BCUT2D eigenvalue weighted by molar-refractivity contribution is 5.70. The molecule has 118 valence electrons. The van der Waals surface area contributed by atoms with Crippen molar-refractivity contribution in [3.8, 4) is 0 Å². The van der Waals surface area contributed by atoms with Crippen molar-refractivity contribution in [2.75, 3.05) is 0 Å². The summed E-state index contributed by atoms with van der Waals surface area (Å²) in [6.45, 7) is 5.77. The van der Waals surface area contributed by atoms with Crippen molar-refractivity contribution in [2.45, 2.75) is 64.1 Å². The van der Waals surface area contributed by atoms with Gasteiger partial charge >= 0.3 is 6.09 Å². The number of carbonyl (C=O) groups excluding carboxylic acids is 1. The van der Waals surface area contributed by atoms with Gasteiger partial charge in [0.15, 0.2) is 0 Å². The lowest BCUT2D eigenvalue weighted by Gasteiger charge is -2.35. The summed E-state index contributed by atoms with van der Waals surface area (Å²) in [6, 6.07) is 11.1. The van der Waals surface area contributed by atoms with E-state index in [0.717, 1.165) is 25.7 Å². The quantitative estimate of drug-likeness (QED) is 0.761. The third-order valence-corrected chi connectivity index (χ3v) is 4.35. The van der Waals surface area contributed by atoms with E-state index in [9.17, 15) is 4.79 Å². The van der Waals surface area contributed by atoms with Gasteiger partial charge in [0.2, 0.25) is 0 Å². The topological polar surface area (TPSA) is 29.5 Å². The van der Waals surface area contributed by atoms with Gasteiger partial charge in [0, 0.05) is 6.04 Å². The van der Waals surface area contributed by atoms with E-state index in [2.05, 4.69) is 30.3 Å². The highest BCUT2D eigenvalue weighted by Gasteiger charge is 2.41. The van der Waals surface area contributed by atoms with Gasteiger partial charge in [-0.2, -0.15) is 0 Å². The minimum Gasteiger partial charge on any atom is -0.444 e. The second kappa shape index (κ2) is 5.79. The lowest BCUT2D eigenvalue weighted by Crippen LogP contribution is -2.45. The first-order valence-electron chi connectivity index (χ1n) is 8.17. The molecule has 1 aromatic carbocycles. The van der Waals surface area contributed by atoms with Crippen LogP contribution in [0.1, 0.15) is 45.6 Å². The van der Waals surface area contributed by atoms with Crippen LogP contribution in [0.3, 0.4) is 0 Å². The van der Waals surface area contributed by atoms with Gasteiger partial charge < -0.3 is 4.74 Å². The molecule has 1 fully saturated rings. The number of benzene rings is 1. The molecule has 3 heteroatoms. The first-order valence-corrected chi connectivity index (χ1v) is 8.17. The molecule has 0 spiro atoms. The molecule has 1 aromatic rings. The van der Waals surface area contributed by atoms with Crippen LogP contribution in [0.4, 0.5) is 4.79 Å². The monoisotopic (exact) mass is 299 g/mol. The third kappa shape index (κ3) is 3.34. The number of carbonyl (C=O) groups is 1. The molecule has 0 aromatic heterocycles. The van der Waals surface area contributed by atoms with E-state index >= 15 is 0 Å². The number of fused-ring (bicyclic) bond motifs is 2. The zero-order valence-corrected chi connectivity index (χ0v) is 13.7. The summed E-state index contributed by atoms with van der Waals surface area (Å²) in [5.41, 5.74) is 2.38. The van der Waals surface area contributed by atoms with Crippen LogP contribution in [0.15, 0.2) is 42.0 Å². The van der Waals surface area contributed by atoms with Crippen LogP contribution in [0.2, 0.25) is 0 Å². The Hall–Kier alpha value is -1.77. The lowest BCUT2D eigenvalue weighted by atomic mass is 9.95. The van der Waals surface area contributed by atoms with Crippen LogP contribution >= 0.6 is 0 Å². The van der Waals surface area contributed by atoms with Crippen LogP contribution in [-0.2, 0) is 11.2 Å². The number of nitrogens with zero attached hydrogens (tertiary/aromatic N) is 1. The van der Waals surface area contributed by atoms with E-state index in [1.165, 1.54) is 11.1 Å². The van der Waals surface area contributed by atoms with Gasteiger partial charge in [0.05, 0.1) is 6.04 Å². The normalized spacial score (nSPS) is 24.1. The fourth-order valence-electron chi connectivity index (χ4n) is 3.51. The molecular weight excluding hydrogens is 274 g/mol. The predicted octanol–water partition coefficient (Wildman–Crippen LogP) is 4.33. The molecule has 1 saturated heterocycles. The average Bonchev–Trinajstić information content (AvgIpc) is 2.70. The Morgan fingerprint density at radius 2 is 1.95 bits per heavy atom. The van der Waals surface area contributed by atoms with Crippen molar-refractivity contribution < 1.29 is 9.53 Å². The van der Waals surface area contributed by atoms with Crippen LogP contribution in [-0.4, -0.2) is 28.7 Å². The van der Waals surface area contributed by atoms with Gasteiger partial charge in [-0.15, -0.1) is 0 Å². The first-order chi connectivity index (χ1) is 10.4. The minimum absolute atomic E-state index is 0.157. The van der Waals surface area contributed by atoms with Gasteiger partial charge in [-0.1, -0.05) is 42.0 Å². The highest BCUT2D eigenvalue weighted by atomic mass is 16.6. The van der Waals surface area contributed by atoms with Crippen molar-refractivity contribution in [1.29, 1.82) is 0 Å². The smallest absolute Gasteiger partial charge is 0.411 e. The molecule has 0 N–H and O–H groups in total. The van der Waals surface area contributed by atoms with Crippen molar-refractivity contribution in [3.63, 3.8) is 0 Å². The lowest BCUT2D eigenvalue weighted by molar-refractivity contribution is 0.0166. The molecule has 0 saturated carbocycles. The number of ether oxygens (including phenoxy) is 1. The third-order valence-electron chi connectivity index (χ3n) is 4.35. The van der Waals surface area contributed by atoms with E-state index in [1.54, 1.807) is 0 Å². The number of rotatable bonds is 2. The van der Waals surface area contributed by atoms with Crippen molar-refractivity contribution in [2.24, 2.45) is 0 Å². The van der Waals surface area contributed by atoms with Crippen LogP contribution in [0, 0.1) is 0 Å². The van der Waals surface area contributed by atoms with E-state index < -0.39 is 5.60 Å². The Bertz CT molecular complexity index is 571. The Kier molecular flexibility index (Phi) is 3.98. The first kappa shape index (κ1) is 15.1. The van der Waals surface area contributed by atoms with Crippen LogP contribution < -0.4 is 0 Å². The summed E-state index contributed by atoms with van der Waals surface area (Å²) in [7, 11) is 0. The van der Waals surface area contributed by atoms with Gasteiger partial charge in [-0.3, -0.25) is 4.90 Å². The minimum atomic E-state index is -0.426. The van der Waals surface area contributed by atoms with Crippen molar-refractivity contribution in [3.05, 3.63) is 47.5 Å². The summed E-state index contributed by atoms with van der Waals surface area (Å²) in [6.07, 6.45) is 6.25. The predicted molar refractivity (Wildman–Crippen MR) is 87.7 cm³/mol. The van der Waals surface area contributed by atoms with Gasteiger partial charge in [0.1, 0.15) is 5.60 Å². The highest BCUT2D eigenvalue weighted by Crippen LogP contribution is 2.36. The summed E-state index contributed by atoms with van der Waals surface area (Å²) >= 11 is 0. The molecule has 22 heavy (non-hydrogen) atoms. The zero-order valence-electron chi connectivity index (χ0n) is 13.7. The molecule has 3 nitrogen and oxygen atoms in total. The molecule has 3 rings (SSSR count). The Morgan fingerprint density at radius 1 is 1.23 bits per heavy atom. The Labute approximate surface area is 133 Å². The van der Waals surface area contributed by atoms with E-state index in [1.807, 2.05) is 31.7 Å². The zero-order chi connectivity index (χ0) is 15.7. The Morgan fingerprint density at radius 3 is 2.59 bits per heavy atom. The van der Waals surface area contributed by atoms with Gasteiger partial charge in [-0.05, 0) is 52.0 Å². The molecule has 0 radical (unpaired) electrons. The number of hydrogen-bond acceptors (Lipinski definition) is 2. The summed E-state index contributed by atoms with van der Waals surface area (Å²) < 4.78 is 5.57. The maximum absolute atomic E-state index is 12.4. The maximum atomic E-state index is 12.4. The average molecular weight is 299 g/mol. The largest absolute Gasteiger partial charge is 0.444 e. The summed E-state index contributed by atoms with van der Waals surface area (Å²) in [5, 5.41) is 0. The molecule has 2 bridgehead atoms. The standard InChI is InChI=1S/C19H25NO2/c1-19(2,3)22-18(21)20-16-9-10-17(20)13-15(12-16)11-14-7-5-4-6-8-14/h4-8,12,16-17H,9-11,13H2,1-3H3/t16-,17+/m0/s1. The van der Waals surface area contributed by atoms with E-state index in [-0.39, 0.29) is 12.1 Å². The molecule has 1 amide bonds. The fourth-order valence-corrected chi connectivity index (χ4v) is 3.51. The second-order valence-corrected chi connectivity index (χ2v) is 7.38. The Balaban J connectivity index is 1.71. The van der Waals surface area contributed by atoms with Gasteiger partial charge in [-0.25, -0.2) is 4.79 Å². The van der Waals surface area contributed by atoms with E-state index in [0.29, 0.717) is 6.04 Å². The molecule has 2 atom stereocenters. The summed E-state index contributed by atoms with van der Waals surface area (Å²) in [4.78, 5) is 14.4. The summed E-state index contributed by atoms with van der Waals surface area (Å²) in [5.74, 6) is 0.